The average Bonchev–Trinajstić information content (AvgIpc) is 3.17. The Kier molecular flexibility index (Phi) is 4.43. The molecule has 0 saturated carbocycles. The van der Waals surface area contributed by atoms with Crippen molar-refractivity contribution < 1.29 is 14.3 Å². The zero-order valence-electron chi connectivity index (χ0n) is 13.1. The molecule has 0 N–H and O–H groups in total. The SMILES string of the molecule is CCc1nc(CC(=O)N2c3ccccc3CC2C(=O)OC)cs1. The molecule has 0 aliphatic carbocycles. The minimum absolute atomic E-state index is 0.127. The summed E-state index contributed by atoms with van der Waals surface area (Å²) in [5.74, 6) is -0.514. The molecule has 1 aliphatic rings. The summed E-state index contributed by atoms with van der Waals surface area (Å²) in [7, 11) is 1.35. The molecular weight excluding hydrogens is 312 g/mol. The van der Waals surface area contributed by atoms with E-state index in [9.17, 15) is 9.59 Å². The van der Waals surface area contributed by atoms with E-state index in [0.29, 0.717) is 6.42 Å². The molecule has 1 unspecified atom stereocenters. The maximum absolute atomic E-state index is 12.8. The molecule has 1 amide bonds. The number of anilines is 1. The summed E-state index contributed by atoms with van der Waals surface area (Å²) in [5, 5.41) is 2.92. The van der Waals surface area contributed by atoms with E-state index in [4.69, 9.17) is 4.74 Å². The Balaban J connectivity index is 1.87. The van der Waals surface area contributed by atoms with Gasteiger partial charge in [-0.25, -0.2) is 9.78 Å². The highest BCUT2D eigenvalue weighted by Crippen LogP contribution is 2.33. The number of aryl methyl sites for hydroxylation is 1. The van der Waals surface area contributed by atoms with Crippen LogP contribution >= 0.6 is 11.3 Å². The maximum Gasteiger partial charge on any atom is 0.329 e. The van der Waals surface area contributed by atoms with Crippen LogP contribution < -0.4 is 4.90 Å². The highest BCUT2D eigenvalue weighted by molar-refractivity contribution is 7.09. The number of para-hydroxylation sites is 1. The standard InChI is InChI=1S/C17H18N2O3S/c1-3-15-18-12(10-23-15)9-16(20)19-13-7-5-4-6-11(13)8-14(19)17(21)22-2/h4-7,10,14H,3,8-9H2,1-2H3. The number of aromatic nitrogens is 1. The third-order valence-electron chi connectivity index (χ3n) is 3.95. The largest absolute Gasteiger partial charge is 0.467 e. The van der Waals surface area contributed by atoms with Crippen molar-refractivity contribution in [3.8, 4) is 0 Å². The third-order valence-corrected chi connectivity index (χ3v) is 4.99. The van der Waals surface area contributed by atoms with Crippen LogP contribution in [0.25, 0.3) is 0 Å². The van der Waals surface area contributed by atoms with Gasteiger partial charge < -0.3 is 4.74 Å². The van der Waals surface area contributed by atoms with Crippen LogP contribution in [0.1, 0.15) is 23.2 Å². The van der Waals surface area contributed by atoms with Crippen LogP contribution in [0, 0.1) is 0 Å². The van der Waals surface area contributed by atoms with Gasteiger partial charge in [-0.2, -0.15) is 0 Å². The smallest absolute Gasteiger partial charge is 0.329 e. The Labute approximate surface area is 138 Å². The number of hydrogen-bond donors (Lipinski definition) is 0. The molecule has 1 aliphatic heterocycles. The van der Waals surface area contributed by atoms with Gasteiger partial charge in [-0.05, 0) is 18.1 Å². The maximum atomic E-state index is 12.8. The van der Waals surface area contributed by atoms with Gasteiger partial charge in [-0.15, -0.1) is 11.3 Å². The minimum atomic E-state index is -0.589. The number of rotatable bonds is 4. The molecule has 0 bridgehead atoms. The first-order chi connectivity index (χ1) is 11.1. The molecular formula is C17H18N2O3S. The summed E-state index contributed by atoms with van der Waals surface area (Å²) in [5.41, 5.74) is 2.53. The monoisotopic (exact) mass is 330 g/mol. The predicted octanol–water partition coefficient (Wildman–Crippen LogP) is 2.38. The van der Waals surface area contributed by atoms with E-state index in [0.717, 1.165) is 28.4 Å². The second-order valence-corrected chi connectivity index (χ2v) is 6.34. The number of ether oxygens (including phenoxy) is 1. The highest BCUT2D eigenvalue weighted by Gasteiger charge is 2.38. The second kappa shape index (κ2) is 6.50. The first-order valence-electron chi connectivity index (χ1n) is 7.55. The summed E-state index contributed by atoms with van der Waals surface area (Å²) >= 11 is 1.56. The lowest BCUT2D eigenvalue weighted by Gasteiger charge is -2.23. The Bertz CT molecular complexity index is 741. The molecule has 1 atom stereocenters. The van der Waals surface area contributed by atoms with E-state index < -0.39 is 6.04 Å². The summed E-state index contributed by atoms with van der Waals surface area (Å²) in [6, 6.07) is 7.01. The summed E-state index contributed by atoms with van der Waals surface area (Å²) in [6.45, 7) is 2.04. The molecule has 120 valence electrons. The van der Waals surface area contributed by atoms with Crippen molar-refractivity contribution in [1.29, 1.82) is 0 Å². The van der Waals surface area contributed by atoms with Crippen LogP contribution in [-0.4, -0.2) is 30.0 Å². The van der Waals surface area contributed by atoms with Gasteiger partial charge in [0.25, 0.3) is 0 Å². The topological polar surface area (TPSA) is 59.5 Å². The summed E-state index contributed by atoms with van der Waals surface area (Å²) in [6.07, 6.45) is 1.54. The van der Waals surface area contributed by atoms with Crippen molar-refractivity contribution in [1.82, 2.24) is 4.98 Å². The van der Waals surface area contributed by atoms with E-state index in [-0.39, 0.29) is 18.3 Å². The third kappa shape index (κ3) is 2.99. The molecule has 3 rings (SSSR count). The highest BCUT2D eigenvalue weighted by atomic mass is 32.1. The van der Waals surface area contributed by atoms with Crippen LogP contribution in [0.2, 0.25) is 0 Å². The minimum Gasteiger partial charge on any atom is -0.467 e. The fourth-order valence-corrected chi connectivity index (χ4v) is 3.60. The number of esters is 1. The second-order valence-electron chi connectivity index (χ2n) is 5.40. The number of fused-ring (bicyclic) bond motifs is 1. The van der Waals surface area contributed by atoms with Crippen LogP contribution in [-0.2, 0) is 33.6 Å². The molecule has 6 heteroatoms. The Morgan fingerprint density at radius 1 is 1.39 bits per heavy atom. The number of thiazole rings is 1. The molecule has 0 spiro atoms. The number of amides is 1. The van der Waals surface area contributed by atoms with E-state index >= 15 is 0 Å². The van der Waals surface area contributed by atoms with E-state index in [1.54, 1.807) is 16.2 Å². The predicted molar refractivity (Wildman–Crippen MR) is 88.6 cm³/mol. The van der Waals surface area contributed by atoms with Crippen LogP contribution in [0.15, 0.2) is 29.6 Å². The summed E-state index contributed by atoms with van der Waals surface area (Å²) < 4.78 is 4.87. The Hall–Kier alpha value is -2.21. The lowest BCUT2D eigenvalue weighted by atomic mass is 10.1. The molecule has 0 saturated heterocycles. The first kappa shape index (κ1) is 15.7. The number of nitrogens with zero attached hydrogens (tertiary/aromatic N) is 2. The van der Waals surface area contributed by atoms with Crippen molar-refractivity contribution in [2.45, 2.75) is 32.2 Å². The van der Waals surface area contributed by atoms with Crippen LogP contribution in [0.3, 0.4) is 0 Å². The van der Waals surface area contributed by atoms with Crippen molar-refractivity contribution in [3.05, 3.63) is 45.9 Å². The average molecular weight is 330 g/mol. The molecule has 5 nitrogen and oxygen atoms in total. The van der Waals surface area contributed by atoms with E-state index in [2.05, 4.69) is 4.98 Å². The molecule has 1 aromatic carbocycles. The van der Waals surface area contributed by atoms with Gasteiger partial charge in [0.1, 0.15) is 6.04 Å². The lowest BCUT2D eigenvalue weighted by molar-refractivity contribution is -0.143. The van der Waals surface area contributed by atoms with Crippen molar-refractivity contribution in [3.63, 3.8) is 0 Å². The fourth-order valence-electron chi connectivity index (χ4n) is 2.85. The molecule has 1 aromatic heterocycles. The van der Waals surface area contributed by atoms with E-state index in [1.165, 1.54) is 7.11 Å². The van der Waals surface area contributed by atoms with Crippen molar-refractivity contribution >= 4 is 28.9 Å². The lowest BCUT2D eigenvalue weighted by Crippen LogP contribution is -2.44. The zero-order valence-corrected chi connectivity index (χ0v) is 13.9. The Morgan fingerprint density at radius 3 is 2.87 bits per heavy atom. The van der Waals surface area contributed by atoms with Gasteiger partial charge in [0.15, 0.2) is 0 Å². The van der Waals surface area contributed by atoms with E-state index in [1.807, 2.05) is 36.6 Å². The zero-order chi connectivity index (χ0) is 16.4. The normalized spacial score (nSPS) is 16.3. The Morgan fingerprint density at radius 2 is 2.17 bits per heavy atom. The van der Waals surface area contributed by atoms with Gasteiger partial charge in [0, 0.05) is 17.5 Å². The van der Waals surface area contributed by atoms with Gasteiger partial charge in [0.2, 0.25) is 5.91 Å². The summed E-state index contributed by atoms with van der Waals surface area (Å²) in [4.78, 5) is 30.9. The van der Waals surface area contributed by atoms with Crippen LogP contribution in [0.4, 0.5) is 5.69 Å². The van der Waals surface area contributed by atoms with Gasteiger partial charge in [-0.3, -0.25) is 9.69 Å². The number of hydrogen-bond acceptors (Lipinski definition) is 5. The molecule has 0 fully saturated rings. The number of methoxy groups -OCH3 is 1. The van der Waals surface area contributed by atoms with Crippen LogP contribution in [0.5, 0.6) is 0 Å². The van der Waals surface area contributed by atoms with Crippen molar-refractivity contribution in [2.75, 3.05) is 12.0 Å². The quantitative estimate of drug-likeness (QED) is 0.808. The number of carbonyl (C=O) groups excluding carboxylic acids is 2. The molecule has 2 heterocycles. The molecule has 0 radical (unpaired) electrons. The van der Waals surface area contributed by atoms with Gasteiger partial charge >= 0.3 is 5.97 Å². The first-order valence-corrected chi connectivity index (χ1v) is 8.43. The molecule has 2 aromatic rings. The van der Waals surface area contributed by atoms with Gasteiger partial charge in [-0.1, -0.05) is 25.1 Å². The van der Waals surface area contributed by atoms with Gasteiger partial charge in [0.05, 0.1) is 24.2 Å². The van der Waals surface area contributed by atoms with Crippen molar-refractivity contribution in [2.24, 2.45) is 0 Å². The molecule has 23 heavy (non-hydrogen) atoms. The fraction of sp³-hybridized carbons (Fsp3) is 0.353. The number of carbonyl (C=O) groups is 2. The number of benzene rings is 1.